The fourth-order valence-corrected chi connectivity index (χ4v) is 7.53. The summed E-state index contributed by atoms with van der Waals surface area (Å²) < 4.78 is 29.3. The van der Waals surface area contributed by atoms with E-state index in [-0.39, 0.29) is 21.6 Å². The van der Waals surface area contributed by atoms with Crippen molar-refractivity contribution in [3.8, 4) is 0 Å². The van der Waals surface area contributed by atoms with E-state index in [4.69, 9.17) is 0 Å². The van der Waals surface area contributed by atoms with Crippen molar-refractivity contribution in [2.75, 3.05) is 4.31 Å². The van der Waals surface area contributed by atoms with Crippen molar-refractivity contribution in [1.82, 2.24) is 0 Å². The Kier molecular flexibility index (Phi) is 4.63. The van der Waals surface area contributed by atoms with Crippen LogP contribution in [-0.2, 0) is 10.0 Å². The van der Waals surface area contributed by atoms with Crippen molar-refractivity contribution >= 4 is 15.7 Å². The molecule has 0 heterocycles. The van der Waals surface area contributed by atoms with E-state index in [2.05, 4.69) is 20.8 Å². The highest BCUT2D eigenvalue weighted by Crippen LogP contribution is 2.67. The van der Waals surface area contributed by atoms with Gasteiger partial charge in [0.15, 0.2) is 0 Å². The number of aliphatic hydroxyl groups excluding tert-OH is 1. The first kappa shape index (κ1) is 20.4. The highest BCUT2D eigenvalue weighted by Gasteiger charge is 2.68. The molecule has 2 saturated carbocycles. The van der Waals surface area contributed by atoms with Crippen LogP contribution in [-0.4, -0.2) is 25.7 Å². The number of hydrogen-bond acceptors (Lipinski definition) is 3. The molecule has 4 rings (SSSR count). The molecule has 156 valence electrons. The van der Waals surface area contributed by atoms with Gasteiger partial charge in [0.05, 0.1) is 22.7 Å². The molecule has 0 aliphatic heterocycles. The molecule has 2 aliphatic rings. The molecule has 29 heavy (non-hydrogen) atoms. The molecule has 0 aromatic heterocycles. The van der Waals surface area contributed by atoms with Gasteiger partial charge < -0.3 is 5.11 Å². The molecular weight excluding hydrogens is 382 g/mol. The Balaban J connectivity index is 1.93. The minimum Gasteiger partial charge on any atom is -0.390 e. The van der Waals surface area contributed by atoms with E-state index in [1.807, 2.05) is 38.1 Å². The third kappa shape index (κ3) is 2.85. The Labute approximate surface area is 174 Å². The quantitative estimate of drug-likeness (QED) is 0.791. The van der Waals surface area contributed by atoms with Crippen molar-refractivity contribution in [3.63, 3.8) is 0 Å². The van der Waals surface area contributed by atoms with Crippen LogP contribution in [0.15, 0.2) is 53.4 Å². The monoisotopic (exact) mass is 413 g/mol. The van der Waals surface area contributed by atoms with Crippen LogP contribution in [0.4, 0.5) is 5.69 Å². The molecule has 0 amide bonds. The molecular formula is C24H31NO3S. The molecule has 2 aromatic carbocycles. The first-order valence-corrected chi connectivity index (χ1v) is 11.8. The third-order valence-corrected chi connectivity index (χ3v) is 9.63. The van der Waals surface area contributed by atoms with Crippen LogP contribution >= 0.6 is 0 Å². The number of aryl methyl sites for hydroxylation is 2. The molecule has 2 aliphatic carbocycles. The second-order valence-corrected chi connectivity index (χ2v) is 11.5. The number of sulfonamides is 1. The van der Waals surface area contributed by atoms with Gasteiger partial charge in [0.1, 0.15) is 0 Å². The van der Waals surface area contributed by atoms with Gasteiger partial charge in [-0.25, -0.2) is 8.42 Å². The maximum atomic E-state index is 13.9. The molecule has 1 unspecified atom stereocenters. The predicted octanol–water partition coefficient (Wildman–Crippen LogP) is 4.68. The van der Waals surface area contributed by atoms with Gasteiger partial charge in [0.25, 0.3) is 10.0 Å². The van der Waals surface area contributed by atoms with Crippen LogP contribution in [0.25, 0.3) is 0 Å². The topological polar surface area (TPSA) is 57.6 Å². The second-order valence-electron chi connectivity index (χ2n) is 9.68. The van der Waals surface area contributed by atoms with Crippen LogP contribution < -0.4 is 4.31 Å². The van der Waals surface area contributed by atoms with Gasteiger partial charge >= 0.3 is 0 Å². The summed E-state index contributed by atoms with van der Waals surface area (Å²) in [5.74, 6) is 0.0989. The Morgan fingerprint density at radius 1 is 1.00 bits per heavy atom. The number of rotatable bonds is 4. The lowest BCUT2D eigenvalue weighted by atomic mass is 9.70. The van der Waals surface area contributed by atoms with Gasteiger partial charge in [-0.2, -0.15) is 0 Å². The molecule has 0 spiro atoms. The van der Waals surface area contributed by atoms with Crippen molar-refractivity contribution in [2.45, 2.75) is 64.5 Å². The number of fused-ring (bicyclic) bond motifs is 2. The molecule has 1 N–H and O–H groups in total. The smallest absolute Gasteiger partial charge is 0.264 e. The highest BCUT2D eigenvalue weighted by atomic mass is 32.2. The van der Waals surface area contributed by atoms with E-state index >= 15 is 0 Å². The summed E-state index contributed by atoms with van der Waals surface area (Å²) in [5, 5.41) is 11.4. The molecule has 2 bridgehead atoms. The van der Waals surface area contributed by atoms with Crippen LogP contribution in [0.5, 0.6) is 0 Å². The Hall–Kier alpha value is -1.85. The zero-order valence-corrected chi connectivity index (χ0v) is 18.7. The lowest BCUT2D eigenvalue weighted by Crippen LogP contribution is -2.52. The van der Waals surface area contributed by atoms with Gasteiger partial charge in [0, 0.05) is 5.41 Å². The third-order valence-electron chi connectivity index (χ3n) is 7.79. The molecule has 2 aromatic rings. The van der Waals surface area contributed by atoms with Gasteiger partial charge in [-0.1, -0.05) is 45.0 Å². The normalized spacial score (nSPS) is 30.5. The van der Waals surface area contributed by atoms with Crippen LogP contribution in [0.2, 0.25) is 0 Å². The van der Waals surface area contributed by atoms with Gasteiger partial charge in [0.2, 0.25) is 0 Å². The average Bonchev–Trinajstić information content (AvgIpc) is 2.95. The molecule has 4 nitrogen and oxygen atoms in total. The zero-order valence-electron chi connectivity index (χ0n) is 17.9. The van der Waals surface area contributed by atoms with E-state index in [1.165, 1.54) is 4.31 Å². The highest BCUT2D eigenvalue weighted by molar-refractivity contribution is 7.92. The Bertz CT molecular complexity index is 1010. The summed E-state index contributed by atoms with van der Waals surface area (Å²) in [6, 6.07) is 14.0. The first-order valence-electron chi connectivity index (χ1n) is 10.4. The molecule has 4 atom stereocenters. The maximum Gasteiger partial charge on any atom is 0.264 e. The van der Waals surface area contributed by atoms with Crippen LogP contribution in [0, 0.1) is 30.6 Å². The van der Waals surface area contributed by atoms with Gasteiger partial charge in [-0.3, -0.25) is 4.31 Å². The molecule has 0 radical (unpaired) electrons. The number of anilines is 1. The number of benzene rings is 2. The summed E-state index contributed by atoms with van der Waals surface area (Å²) in [5.41, 5.74) is 2.22. The Morgan fingerprint density at radius 2 is 1.59 bits per heavy atom. The van der Waals surface area contributed by atoms with Crippen molar-refractivity contribution in [2.24, 2.45) is 16.7 Å². The van der Waals surface area contributed by atoms with Crippen LogP contribution in [0.3, 0.4) is 0 Å². The molecule has 5 heteroatoms. The summed E-state index contributed by atoms with van der Waals surface area (Å²) in [6.45, 7) is 10.4. The minimum atomic E-state index is -3.83. The lowest BCUT2D eigenvalue weighted by Gasteiger charge is -2.40. The maximum absolute atomic E-state index is 13.9. The Morgan fingerprint density at radius 3 is 2.10 bits per heavy atom. The largest absolute Gasteiger partial charge is 0.390 e. The molecule has 0 saturated heterocycles. The first-order chi connectivity index (χ1) is 13.5. The standard InChI is InChI=1S/C24H31NO3S/c1-16-13-17(2)15-18(14-16)25(29(27,28)19-9-7-6-8-10-19)21-20-11-12-24(5,22(21)26)23(20,3)4/h6-10,13-15,20-22,26H,11-12H2,1-5H3/t20?,21-,22-,24+/m1/s1. The number of hydrogen-bond donors (Lipinski definition) is 1. The van der Waals surface area contributed by atoms with E-state index in [9.17, 15) is 13.5 Å². The fourth-order valence-electron chi connectivity index (χ4n) is 5.83. The summed E-state index contributed by atoms with van der Waals surface area (Å²) in [6.07, 6.45) is 1.14. The SMILES string of the molecule is Cc1cc(C)cc(N([C@@H]2C3CC[C@@](C)([C@@H]2O)C3(C)C)S(=O)(=O)c2ccccc2)c1. The zero-order chi connectivity index (χ0) is 21.2. The number of nitrogens with zero attached hydrogens (tertiary/aromatic N) is 1. The van der Waals surface area contributed by atoms with Crippen LogP contribution in [0.1, 0.15) is 44.7 Å². The van der Waals surface area contributed by atoms with Crippen molar-refractivity contribution in [1.29, 1.82) is 0 Å². The summed E-state index contributed by atoms with van der Waals surface area (Å²) >= 11 is 0. The van der Waals surface area contributed by atoms with E-state index in [0.29, 0.717) is 5.69 Å². The van der Waals surface area contributed by atoms with Crippen molar-refractivity contribution in [3.05, 3.63) is 59.7 Å². The summed E-state index contributed by atoms with van der Waals surface area (Å²) in [4.78, 5) is 0.261. The van der Waals surface area contributed by atoms with Gasteiger partial charge in [-0.05, 0) is 73.4 Å². The van der Waals surface area contributed by atoms with Crippen molar-refractivity contribution < 1.29 is 13.5 Å². The summed E-state index contributed by atoms with van der Waals surface area (Å²) in [7, 11) is -3.83. The van der Waals surface area contributed by atoms with E-state index in [0.717, 1.165) is 24.0 Å². The van der Waals surface area contributed by atoms with E-state index in [1.54, 1.807) is 24.3 Å². The molecule has 2 fully saturated rings. The number of aliphatic hydroxyl groups is 1. The van der Waals surface area contributed by atoms with E-state index < -0.39 is 22.2 Å². The average molecular weight is 414 g/mol. The fraction of sp³-hybridized carbons (Fsp3) is 0.500. The second kappa shape index (κ2) is 6.58. The minimum absolute atomic E-state index is 0.0989. The van der Waals surface area contributed by atoms with Gasteiger partial charge in [-0.15, -0.1) is 0 Å². The predicted molar refractivity (Wildman–Crippen MR) is 116 cm³/mol. The lowest BCUT2D eigenvalue weighted by molar-refractivity contribution is 0.00654.